The van der Waals surface area contributed by atoms with Crippen LogP contribution >= 0.6 is 0 Å². The topological polar surface area (TPSA) is 79.5 Å². The Hall–Kier alpha value is -2.08. The summed E-state index contributed by atoms with van der Waals surface area (Å²) in [5.74, 6) is -0.272. The Morgan fingerprint density at radius 1 is 1.21 bits per heavy atom. The van der Waals surface area contributed by atoms with Crippen molar-refractivity contribution in [3.63, 3.8) is 0 Å². The maximum absolute atomic E-state index is 11.6. The quantitative estimate of drug-likeness (QED) is 0.688. The summed E-state index contributed by atoms with van der Waals surface area (Å²) in [5.41, 5.74) is 0.891. The molecular formula is C13H19N3O3. The highest BCUT2D eigenvalue weighted by molar-refractivity contribution is 5.85. The van der Waals surface area contributed by atoms with E-state index in [1.54, 1.807) is 7.05 Å². The summed E-state index contributed by atoms with van der Waals surface area (Å²) in [6.45, 7) is 0.507. The van der Waals surface area contributed by atoms with Crippen LogP contribution in [0.4, 0.5) is 4.79 Å². The number of alkyl carbamates (subject to hydrolysis) is 1. The maximum Gasteiger partial charge on any atom is 0.408 e. The Morgan fingerprint density at radius 3 is 2.47 bits per heavy atom. The molecule has 19 heavy (non-hydrogen) atoms. The van der Waals surface area contributed by atoms with Gasteiger partial charge in [-0.15, -0.1) is 0 Å². The van der Waals surface area contributed by atoms with E-state index < -0.39 is 12.1 Å². The molecule has 3 N–H and O–H groups in total. The van der Waals surface area contributed by atoms with Crippen molar-refractivity contribution >= 4 is 12.0 Å². The molecule has 0 saturated carbocycles. The second-order valence-electron chi connectivity index (χ2n) is 3.93. The van der Waals surface area contributed by atoms with E-state index in [1.807, 2.05) is 30.3 Å². The normalized spacial score (nSPS) is 11.5. The van der Waals surface area contributed by atoms with Crippen LogP contribution in [0, 0.1) is 0 Å². The minimum absolute atomic E-state index is 0.173. The first kappa shape index (κ1) is 15.0. The molecule has 1 rings (SSSR count). The van der Waals surface area contributed by atoms with Gasteiger partial charge in [0.2, 0.25) is 5.91 Å². The van der Waals surface area contributed by atoms with Gasteiger partial charge in [0, 0.05) is 13.6 Å². The fraction of sp³-hybridized carbons (Fsp3) is 0.385. The van der Waals surface area contributed by atoms with Gasteiger partial charge in [-0.2, -0.15) is 0 Å². The highest BCUT2D eigenvalue weighted by Crippen LogP contribution is 2.00. The summed E-state index contributed by atoms with van der Waals surface area (Å²) in [7, 11) is 3.22. The molecule has 1 aromatic rings. The standard InChI is InChI=1S/C13H19N3O3/c1-14-8-11(12(17)15-2)16-13(18)19-9-10-6-4-3-5-7-10/h3-7,11,14H,8-9H2,1-2H3,(H,15,17)(H,16,18). The summed E-state index contributed by atoms with van der Waals surface area (Å²) in [4.78, 5) is 23.1. The van der Waals surface area contributed by atoms with Crippen molar-refractivity contribution in [3.05, 3.63) is 35.9 Å². The van der Waals surface area contributed by atoms with Crippen LogP contribution in [0.2, 0.25) is 0 Å². The lowest BCUT2D eigenvalue weighted by Gasteiger charge is -2.16. The van der Waals surface area contributed by atoms with Crippen LogP contribution in [0.5, 0.6) is 0 Å². The van der Waals surface area contributed by atoms with Crippen molar-refractivity contribution in [2.75, 3.05) is 20.6 Å². The Balaban J connectivity index is 2.42. The van der Waals surface area contributed by atoms with E-state index in [9.17, 15) is 9.59 Å². The molecule has 6 nitrogen and oxygen atoms in total. The molecule has 1 unspecified atom stereocenters. The third kappa shape index (κ3) is 5.39. The van der Waals surface area contributed by atoms with Gasteiger partial charge in [-0.1, -0.05) is 30.3 Å². The van der Waals surface area contributed by atoms with Gasteiger partial charge in [0.05, 0.1) is 0 Å². The van der Waals surface area contributed by atoms with Gasteiger partial charge in [-0.25, -0.2) is 4.79 Å². The van der Waals surface area contributed by atoms with Crippen molar-refractivity contribution in [2.45, 2.75) is 12.6 Å². The number of rotatable bonds is 6. The Labute approximate surface area is 112 Å². The largest absolute Gasteiger partial charge is 0.445 e. The predicted octanol–water partition coefficient (Wildman–Crippen LogP) is 0.247. The number of nitrogens with one attached hydrogen (secondary N) is 3. The molecule has 1 atom stereocenters. The highest BCUT2D eigenvalue weighted by atomic mass is 16.5. The summed E-state index contributed by atoms with van der Waals surface area (Å²) in [5, 5.41) is 7.81. The smallest absolute Gasteiger partial charge is 0.408 e. The number of hydrogen-bond acceptors (Lipinski definition) is 4. The first-order chi connectivity index (χ1) is 9.17. The van der Waals surface area contributed by atoms with Crippen molar-refractivity contribution in [1.29, 1.82) is 0 Å². The molecule has 0 aliphatic rings. The lowest BCUT2D eigenvalue weighted by Crippen LogP contribution is -2.50. The molecule has 6 heteroatoms. The van der Waals surface area contributed by atoms with Crippen LogP contribution in [0.25, 0.3) is 0 Å². The first-order valence-electron chi connectivity index (χ1n) is 6.00. The second-order valence-corrected chi connectivity index (χ2v) is 3.93. The highest BCUT2D eigenvalue weighted by Gasteiger charge is 2.19. The van der Waals surface area contributed by atoms with E-state index >= 15 is 0 Å². The number of ether oxygens (including phenoxy) is 1. The molecule has 0 aliphatic carbocycles. The Bertz CT molecular complexity index is 409. The van der Waals surface area contributed by atoms with Gasteiger partial charge in [0.15, 0.2) is 0 Å². The maximum atomic E-state index is 11.6. The molecule has 0 spiro atoms. The van der Waals surface area contributed by atoms with E-state index in [0.29, 0.717) is 6.54 Å². The predicted molar refractivity (Wildman–Crippen MR) is 71.5 cm³/mol. The van der Waals surface area contributed by atoms with Crippen LogP contribution in [-0.2, 0) is 16.1 Å². The van der Waals surface area contributed by atoms with Crippen molar-refractivity contribution in [2.24, 2.45) is 0 Å². The third-order valence-corrected chi connectivity index (χ3v) is 2.48. The van der Waals surface area contributed by atoms with Crippen LogP contribution < -0.4 is 16.0 Å². The van der Waals surface area contributed by atoms with Crippen LogP contribution in [0.15, 0.2) is 30.3 Å². The van der Waals surface area contributed by atoms with E-state index in [4.69, 9.17) is 4.74 Å². The fourth-order valence-corrected chi connectivity index (χ4v) is 1.49. The number of amides is 2. The number of hydrogen-bond donors (Lipinski definition) is 3. The molecule has 2 amide bonds. The van der Waals surface area contributed by atoms with Gasteiger partial charge >= 0.3 is 6.09 Å². The molecule has 0 fully saturated rings. The second kappa shape index (κ2) is 8.10. The van der Waals surface area contributed by atoms with Gasteiger partial charge in [-0.3, -0.25) is 4.79 Å². The zero-order valence-corrected chi connectivity index (χ0v) is 11.1. The SMILES string of the molecule is CNCC(NC(=O)OCc1ccccc1)C(=O)NC. The molecule has 0 aromatic heterocycles. The van der Waals surface area contributed by atoms with Crippen LogP contribution in [0.3, 0.4) is 0 Å². The molecule has 0 radical (unpaired) electrons. The molecule has 0 heterocycles. The summed E-state index contributed by atoms with van der Waals surface area (Å²) >= 11 is 0. The van der Waals surface area contributed by atoms with Gasteiger partial charge in [0.25, 0.3) is 0 Å². The zero-order valence-electron chi connectivity index (χ0n) is 11.1. The van der Waals surface area contributed by atoms with Crippen molar-refractivity contribution in [1.82, 2.24) is 16.0 Å². The lowest BCUT2D eigenvalue weighted by atomic mass is 10.2. The molecule has 0 saturated heterocycles. The summed E-state index contributed by atoms with van der Waals surface area (Å²) < 4.78 is 5.04. The fourth-order valence-electron chi connectivity index (χ4n) is 1.49. The lowest BCUT2D eigenvalue weighted by molar-refractivity contribution is -0.122. The monoisotopic (exact) mass is 265 g/mol. The van der Waals surface area contributed by atoms with Crippen molar-refractivity contribution < 1.29 is 14.3 Å². The van der Waals surface area contributed by atoms with Gasteiger partial charge in [-0.05, 0) is 12.6 Å². The molecular weight excluding hydrogens is 246 g/mol. The van der Waals surface area contributed by atoms with E-state index in [1.165, 1.54) is 7.05 Å². The van der Waals surface area contributed by atoms with Crippen LogP contribution in [-0.4, -0.2) is 38.7 Å². The van der Waals surface area contributed by atoms with Crippen molar-refractivity contribution in [3.8, 4) is 0 Å². The Morgan fingerprint density at radius 2 is 1.89 bits per heavy atom. The minimum atomic E-state index is -0.654. The molecule has 0 aliphatic heterocycles. The average molecular weight is 265 g/mol. The molecule has 104 valence electrons. The number of benzene rings is 1. The number of carbonyl (C=O) groups excluding carboxylic acids is 2. The van der Waals surface area contributed by atoms with Gasteiger partial charge < -0.3 is 20.7 Å². The van der Waals surface area contributed by atoms with Crippen LogP contribution in [0.1, 0.15) is 5.56 Å². The number of likely N-dealkylation sites (N-methyl/N-ethyl adjacent to an activating group) is 2. The Kier molecular flexibility index (Phi) is 6.38. The first-order valence-corrected chi connectivity index (χ1v) is 6.00. The number of carbonyl (C=O) groups is 2. The minimum Gasteiger partial charge on any atom is -0.445 e. The van der Waals surface area contributed by atoms with E-state index in [2.05, 4.69) is 16.0 Å². The average Bonchev–Trinajstić information content (AvgIpc) is 2.45. The van der Waals surface area contributed by atoms with Gasteiger partial charge in [0.1, 0.15) is 12.6 Å². The summed E-state index contributed by atoms with van der Waals surface area (Å²) in [6, 6.07) is 8.68. The third-order valence-electron chi connectivity index (χ3n) is 2.48. The summed E-state index contributed by atoms with van der Waals surface area (Å²) in [6.07, 6.45) is -0.618. The van der Waals surface area contributed by atoms with E-state index in [0.717, 1.165) is 5.56 Å². The zero-order chi connectivity index (χ0) is 14.1. The van der Waals surface area contributed by atoms with E-state index in [-0.39, 0.29) is 12.5 Å². The molecule has 1 aromatic carbocycles. The molecule has 0 bridgehead atoms.